The average Bonchev–Trinajstić information content (AvgIpc) is 2.92. The Morgan fingerprint density at radius 3 is 2.39 bits per heavy atom. The van der Waals surface area contributed by atoms with E-state index in [1.165, 1.54) is 10.9 Å². The minimum Gasteiger partial charge on any atom is -0.354 e. The number of nitrogens with one attached hydrogen (secondary N) is 1. The van der Waals surface area contributed by atoms with Crippen LogP contribution in [0, 0.1) is 0 Å². The van der Waals surface area contributed by atoms with Crippen molar-refractivity contribution in [1.29, 1.82) is 0 Å². The number of hydrogen-bond acceptors (Lipinski definition) is 2. The molecule has 0 unspecified atom stereocenters. The van der Waals surface area contributed by atoms with E-state index in [1.807, 2.05) is 24.7 Å². The highest BCUT2D eigenvalue weighted by Crippen LogP contribution is 2.29. The molecule has 3 nitrogen and oxygen atoms in total. The van der Waals surface area contributed by atoms with Crippen molar-refractivity contribution in [2.45, 2.75) is 26.2 Å². The molecule has 3 heterocycles. The van der Waals surface area contributed by atoms with E-state index < -0.39 is 0 Å². The Kier molecular flexibility index (Phi) is 2.98. The SMILES string of the molecule is CC(C)(C)c1ccc(-c2ccc3c(c2)[nH]c2ccncc23)cn1. The van der Waals surface area contributed by atoms with Gasteiger partial charge in [-0.05, 0) is 23.8 Å². The summed E-state index contributed by atoms with van der Waals surface area (Å²) in [6.07, 6.45) is 5.69. The van der Waals surface area contributed by atoms with Gasteiger partial charge in [-0.25, -0.2) is 0 Å². The van der Waals surface area contributed by atoms with E-state index in [-0.39, 0.29) is 5.41 Å². The fourth-order valence-corrected chi connectivity index (χ4v) is 2.93. The van der Waals surface area contributed by atoms with Crippen LogP contribution in [0.3, 0.4) is 0 Å². The first-order valence-corrected chi connectivity index (χ1v) is 7.85. The Balaban J connectivity index is 1.81. The van der Waals surface area contributed by atoms with E-state index in [4.69, 9.17) is 0 Å². The van der Waals surface area contributed by atoms with Gasteiger partial charge in [0, 0.05) is 57.1 Å². The molecule has 0 saturated heterocycles. The van der Waals surface area contributed by atoms with Gasteiger partial charge in [-0.15, -0.1) is 0 Å². The summed E-state index contributed by atoms with van der Waals surface area (Å²) in [5.74, 6) is 0. The number of hydrogen-bond donors (Lipinski definition) is 1. The van der Waals surface area contributed by atoms with E-state index in [2.05, 4.69) is 66.1 Å². The van der Waals surface area contributed by atoms with Crippen LogP contribution in [0.5, 0.6) is 0 Å². The number of benzene rings is 1. The maximum atomic E-state index is 4.63. The van der Waals surface area contributed by atoms with Crippen molar-refractivity contribution < 1.29 is 0 Å². The second kappa shape index (κ2) is 4.92. The van der Waals surface area contributed by atoms with Crippen LogP contribution >= 0.6 is 0 Å². The lowest BCUT2D eigenvalue weighted by Crippen LogP contribution is -2.12. The molecule has 0 atom stereocenters. The van der Waals surface area contributed by atoms with E-state index in [0.29, 0.717) is 0 Å². The van der Waals surface area contributed by atoms with Crippen LogP contribution in [0.25, 0.3) is 32.9 Å². The van der Waals surface area contributed by atoms with Gasteiger partial charge < -0.3 is 4.98 Å². The van der Waals surface area contributed by atoms with Crippen LogP contribution in [0.2, 0.25) is 0 Å². The number of fused-ring (bicyclic) bond motifs is 3. The highest BCUT2D eigenvalue weighted by atomic mass is 14.7. The molecule has 4 aromatic rings. The number of rotatable bonds is 1. The lowest BCUT2D eigenvalue weighted by Gasteiger charge is -2.17. The third-order valence-corrected chi connectivity index (χ3v) is 4.27. The largest absolute Gasteiger partial charge is 0.354 e. The van der Waals surface area contributed by atoms with E-state index >= 15 is 0 Å². The van der Waals surface area contributed by atoms with E-state index in [1.54, 1.807) is 0 Å². The molecule has 0 bridgehead atoms. The van der Waals surface area contributed by atoms with Crippen molar-refractivity contribution in [2.24, 2.45) is 0 Å². The van der Waals surface area contributed by atoms with Crippen molar-refractivity contribution in [3.05, 3.63) is 60.7 Å². The quantitative estimate of drug-likeness (QED) is 0.533. The van der Waals surface area contributed by atoms with Gasteiger partial charge >= 0.3 is 0 Å². The molecule has 4 rings (SSSR count). The van der Waals surface area contributed by atoms with Crippen LogP contribution in [-0.2, 0) is 5.41 Å². The van der Waals surface area contributed by atoms with Gasteiger partial charge in [0.15, 0.2) is 0 Å². The van der Waals surface area contributed by atoms with Gasteiger partial charge in [0.05, 0.1) is 0 Å². The highest BCUT2D eigenvalue weighted by Gasteiger charge is 2.15. The van der Waals surface area contributed by atoms with Crippen LogP contribution < -0.4 is 0 Å². The van der Waals surface area contributed by atoms with Crippen molar-refractivity contribution in [3.63, 3.8) is 0 Å². The summed E-state index contributed by atoms with van der Waals surface area (Å²) in [5, 5.41) is 2.37. The molecule has 0 spiro atoms. The molecule has 3 aromatic heterocycles. The summed E-state index contributed by atoms with van der Waals surface area (Å²) in [4.78, 5) is 12.3. The third kappa shape index (κ3) is 2.38. The summed E-state index contributed by atoms with van der Waals surface area (Å²) >= 11 is 0. The predicted octanol–water partition coefficient (Wildman–Crippen LogP) is 5.08. The van der Waals surface area contributed by atoms with Gasteiger partial charge in [-0.2, -0.15) is 0 Å². The summed E-state index contributed by atoms with van der Waals surface area (Å²) in [6.45, 7) is 6.54. The van der Waals surface area contributed by atoms with Crippen molar-refractivity contribution in [3.8, 4) is 11.1 Å². The molecule has 0 aliphatic carbocycles. The van der Waals surface area contributed by atoms with Crippen molar-refractivity contribution in [2.75, 3.05) is 0 Å². The molecule has 1 aromatic carbocycles. The molecule has 0 aliphatic rings. The van der Waals surface area contributed by atoms with Gasteiger partial charge in [0.1, 0.15) is 0 Å². The topological polar surface area (TPSA) is 41.6 Å². The molecule has 0 radical (unpaired) electrons. The average molecular weight is 301 g/mol. The maximum Gasteiger partial charge on any atom is 0.0495 e. The molecule has 0 fully saturated rings. The zero-order valence-electron chi connectivity index (χ0n) is 13.6. The normalized spacial score (nSPS) is 12.1. The number of pyridine rings is 2. The lowest BCUT2D eigenvalue weighted by atomic mass is 9.91. The molecule has 3 heteroatoms. The smallest absolute Gasteiger partial charge is 0.0495 e. The molecular formula is C20H19N3. The monoisotopic (exact) mass is 301 g/mol. The zero-order valence-corrected chi connectivity index (χ0v) is 13.6. The van der Waals surface area contributed by atoms with Crippen LogP contribution in [0.1, 0.15) is 26.5 Å². The fraction of sp³-hybridized carbons (Fsp3) is 0.200. The van der Waals surface area contributed by atoms with Crippen molar-refractivity contribution >= 4 is 21.8 Å². The van der Waals surface area contributed by atoms with Crippen LogP contribution in [0.15, 0.2) is 55.0 Å². The maximum absolute atomic E-state index is 4.63. The first kappa shape index (κ1) is 13.9. The van der Waals surface area contributed by atoms with Crippen LogP contribution in [-0.4, -0.2) is 15.0 Å². The number of H-pyrrole nitrogens is 1. The Hall–Kier alpha value is -2.68. The molecule has 1 N–H and O–H groups in total. The molecular weight excluding hydrogens is 282 g/mol. The summed E-state index contributed by atoms with van der Waals surface area (Å²) in [7, 11) is 0. The Labute approximate surface area is 135 Å². The first-order chi connectivity index (χ1) is 11.0. The van der Waals surface area contributed by atoms with E-state index in [9.17, 15) is 0 Å². The molecule has 0 saturated carbocycles. The van der Waals surface area contributed by atoms with E-state index in [0.717, 1.165) is 27.7 Å². The minimum atomic E-state index is 0.0761. The summed E-state index contributed by atoms with van der Waals surface area (Å²) in [6, 6.07) is 12.8. The van der Waals surface area contributed by atoms with Gasteiger partial charge in [-0.3, -0.25) is 9.97 Å². The number of aromatic nitrogens is 3. The first-order valence-electron chi connectivity index (χ1n) is 7.85. The molecule has 0 amide bonds. The Morgan fingerprint density at radius 1 is 0.826 bits per heavy atom. The standard InChI is InChI=1S/C20H19N3/c1-20(2,3)19-7-5-14(11-22-19)13-4-6-15-16-12-21-9-8-17(16)23-18(15)10-13/h4-12,23H,1-3H3. The third-order valence-electron chi connectivity index (χ3n) is 4.27. The Morgan fingerprint density at radius 2 is 1.65 bits per heavy atom. The second-order valence-corrected chi connectivity index (χ2v) is 6.99. The van der Waals surface area contributed by atoms with Gasteiger partial charge in [0.25, 0.3) is 0 Å². The minimum absolute atomic E-state index is 0.0761. The van der Waals surface area contributed by atoms with Crippen molar-refractivity contribution in [1.82, 2.24) is 15.0 Å². The second-order valence-electron chi connectivity index (χ2n) is 6.99. The van der Waals surface area contributed by atoms with Crippen LogP contribution in [0.4, 0.5) is 0 Å². The fourth-order valence-electron chi connectivity index (χ4n) is 2.93. The molecule has 23 heavy (non-hydrogen) atoms. The van der Waals surface area contributed by atoms with Gasteiger partial charge in [-0.1, -0.05) is 39.0 Å². The molecule has 0 aliphatic heterocycles. The highest BCUT2D eigenvalue weighted by molar-refractivity contribution is 6.07. The van der Waals surface area contributed by atoms with Gasteiger partial charge in [0.2, 0.25) is 0 Å². The number of nitrogens with zero attached hydrogens (tertiary/aromatic N) is 2. The Bertz CT molecular complexity index is 989. The number of aromatic amines is 1. The zero-order chi connectivity index (χ0) is 16.0. The lowest BCUT2D eigenvalue weighted by molar-refractivity contribution is 0.569. The predicted molar refractivity (Wildman–Crippen MR) is 95.5 cm³/mol. The summed E-state index contributed by atoms with van der Waals surface area (Å²) < 4.78 is 0. The summed E-state index contributed by atoms with van der Waals surface area (Å²) in [5.41, 5.74) is 5.74. The molecule has 114 valence electrons.